The van der Waals surface area contributed by atoms with Gasteiger partial charge in [0.2, 0.25) is 5.91 Å². The second kappa shape index (κ2) is 14.0. The van der Waals surface area contributed by atoms with Crippen LogP contribution in [0, 0.1) is 0 Å². The van der Waals surface area contributed by atoms with Crippen molar-refractivity contribution < 1.29 is 29.0 Å². The fourth-order valence-electron chi connectivity index (χ4n) is 4.99. The Kier molecular flexibility index (Phi) is 9.69. The van der Waals surface area contributed by atoms with Gasteiger partial charge in [0.05, 0.1) is 18.5 Å². The summed E-state index contributed by atoms with van der Waals surface area (Å²) < 4.78 is 6.84. The number of hydrogen-bond acceptors (Lipinski definition) is 10. The largest absolute Gasteiger partial charge is 0.481 e. The van der Waals surface area contributed by atoms with Gasteiger partial charge < -0.3 is 15.2 Å². The number of thioether (sulfide) groups is 2. The molecule has 0 bridgehead atoms. The number of aliphatic carboxylic acids is 1. The van der Waals surface area contributed by atoms with Crippen LogP contribution in [0.15, 0.2) is 98.5 Å². The standard InChI is InChI=1S/C32H27N3O6S4/c36-24(16-22-12-7-15-42-22)34-26-29(39)35-27(23(18-43-30(26)35)45-32-33-21(17-44-32)13-14-25(37)38)31(40)41-28(19-8-3-1-4-9-19)20-10-5-2-6-11-20/h1-12,15,17,26,28,30H,13-14,16,18H2,(H,34,36)(H,37,38)/t26-,30-/m1/s1. The maximum atomic E-state index is 14.1. The number of amides is 2. The number of nitrogens with one attached hydrogen (secondary N) is 1. The fourth-order valence-corrected chi connectivity index (χ4v) is 9.20. The molecule has 4 aromatic rings. The normalized spacial score (nSPS) is 17.5. The summed E-state index contributed by atoms with van der Waals surface area (Å²) in [7, 11) is 0. The number of carbonyl (C=O) groups is 4. The first-order valence-corrected chi connectivity index (χ1v) is 17.6. The molecule has 2 aliphatic heterocycles. The van der Waals surface area contributed by atoms with Gasteiger partial charge in [-0.1, -0.05) is 78.5 Å². The van der Waals surface area contributed by atoms with Crippen molar-refractivity contribution in [2.24, 2.45) is 0 Å². The van der Waals surface area contributed by atoms with Crippen LogP contribution < -0.4 is 5.32 Å². The van der Waals surface area contributed by atoms with Gasteiger partial charge in [0.1, 0.15) is 17.1 Å². The number of thiophene rings is 1. The van der Waals surface area contributed by atoms with Crippen molar-refractivity contribution in [1.82, 2.24) is 15.2 Å². The van der Waals surface area contributed by atoms with Crippen molar-refractivity contribution in [3.05, 3.63) is 116 Å². The summed E-state index contributed by atoms with van der Waals surface area (Å²) in [5.41, 5.74) is 2.35. The lowest BCUT2D eigenvalue weighted by Gasteiger charge is -2.49. The number of rotatable bonds is 12. The van der Waals surface area contributed by atoms with Gasteiger partial charge in [0, 0.05) is 27.3 Å². The number of nitrogens with zero attached hydrogens (tertiary/aromatic N) is 2. The number of thiazole rings is 1. The monoisotopic (exact) mass is 677 g/mol. The second-order valence-electron chi connectivity index (χ2n) is 10.2. The van der Waals surface area contributed by atoms with E-state index in [2.05, 4.69) is 10.3 Å². The molecule has 4 heterocycles. The fraction of sp³-hybridized carbons (Fsp3) is 0.219. The number of carbonyl (C=O) groups excluding carboxylic acids is 3. The molecule has 6 rings (SSSR count). The zero-order valence-electron chi connectivity index (χ0n) is 23.7. The molecule has 9 nitrogen and oxygen atoms in total. The lowest BCUT2D eigenvalue weighted by Crippen LogP contribution is -2.70. The first-order valence-electron chi connectivity index (χ1n) is 14.0. The molecule has 1 saturated heterocycles. The van der Waals surface area contributed by atoms with Crippen molar-refractivity contribution in [3.63, 3.8) is 0 Å². The first kappa shape index (κ1) is 31.1. The molecule has 2 aromatic heterocycles. The van der Waals surface area contributed by atoms with E-state index in [0.717, 1.165) is 16.0 Å². The van der Waals surface area contributed by atoms with Crippen LogP contribution in [-0.4, -0.2) is 55.9 Å². The third kappa shape index (κ3) is 7.17. The minimum Gasteiger partial charge on any atom is -0.481 e. The van der Waals surface area contributed by atoms with E-state index >= 15 is 0 Å². The highest BCUT2D eigenvalue weighted by atomic mass is 32.2. The SMILES string of the molecule is O=C(O)CCc1csc(SC2=C(C(=O)OC(c3ccccc3)c3ccccc3)N3C(=O)[C@@H](NC(=O)Cc4cccs4)[C@H]3SC2)n1. The van der Waals surface area contributed by atoms with E-state index in [1.807, 2.05) is 78.2 Å². The van der Waals surface area contributed by atoms with Gasteiger partial charge in [-0.05, 0) is 22.6 Å². The van der Waals surface area contributed by atoms with E-state index in [4.69, 9.17) is 9.84 Å². The summed E-state index contributed by atoms with van der Waals surface area (Å²) in [6.45, 7) is 0. The summed E-state index contributed by atoms with van der Waals surface area (Å²) in [5, 5.41) is 15.1. The number of carboxylic acid groups (broad SMARTS) is 1. The molecule has 13 heteroatoms. The number of ether oxygens (including phenoxy) is 1. The average molecular weight is 678 g/mol. The molecular formula is C32H27N3O6S4. The Balaban J connectivity index is 1.28. The first-order chi connectivity index (χ1) is 21.9. The molecule has 2 amide bonds. The minimum absolute atomic E-state index is 0.0339. The van der Waals surface area contributed by atoms with Crippen molar-refractivity contribution in [2.75, 3.05) is 5.75 Å². The number of aromatic nitrogens is 1. The average Bonchev–Trinajstić information content (AvgIpc) is 3.74. The molecule has 0 aliphatic carbocycles. The molecule has 1 fully saturated rings. The zero-order valence-corrected chi connectivity index (χ0v) is 26.9. The van der Waals surface area contributed by atoms with Crippen LogP contribution in [0.2, 0.25) is 0 Å². The summed E-state index contributed by atoms with van der Waals surface area (Å²) in [5.74, 6) is -1.80. The third-order valence-electron chi connectivity index (χ3n) is 7.12. The molecule has 2 atom stereocenters. The summed E-state index contributed by atoms with van der Waals surface area (Å²) in [6.07, 6.45) is -0.278. The highest BCUT2D eigenvalue weighted by molar-refractivity contribution is 8.07. The molecule has 0 radical (unpaired) electrons. The zero-order chi connectivity index (χ0) is 31.3. The Hall–Kier alpha value is -3.91. The molecule has 230 valence electrons. The van der Waals surface area contributed by atoms with Gasteiger partial charge in [0.25, 0.3) is 5.91 Å². The number of esters is 1. The van der Waals surface area contributed by atoms with Gasteiger partial charge in [-0.2, -0.15) is 0 Å². The predicted molar refractivity (Wildman–Crippen MR) is 175 cm³/mol. The van der Waals surface area contributed by atoms with E-state index in [1.165, 1.54) is 51.1 Å². The molecule has 2 N–H and O–H groups in total. The van der Waals surface area contributed by atoms with Crippen LogP contribution in [0.25, 0.3) is 0 Å². The van der Waals surface area contributed by atoms with Crippen LogP contribution in [0.1, 0.15) is 34.2 Å². The third-order valence-corrected chi connectivity index (χ3v) is 11.5. The van der Waals surface area contributed by atoms with Crippen molar-refractivity contribution in [2.45, 2.75) is 41.1 Å². The number of β-lactam (4-membered cyclic amide) rings is 1. The summed E-state index contributed by atoms with van der Waals surface area (Å²) in [6, 6.07) is 21.8. The molecule has 2 aromatic carbocycles. The molecule has 2 aliphatic rings. The van der Waals surface area contributed by atoms with E-state index in [0.29, 0.717) is 27.1 Å². The van der Waals surface area contributed by atoms with Crippen molar-refractivity contribution in [1.29, 1.82) is 0 Å². The van der Waals surface area contributed by atoms with Crippen LogP contribution in [0.3, 0.4) is 0 Å². The van der Waals surface area contributed by atoms with E-state index < -0.39 is 29.5 Å². The number of carboxylic acids is 1. The maximum Gasteiger partial charge on any atom is 0.356 e. The second-order valence-corrected chi connectivity index (χ2v) is 14.5. The lowest BCUT2D eigenvalue weighted by molar-refractivity contribution is -0.154. The molecule has 0 saturated carbocycles. The number of aryl methyl sites for hydroxylation is 1. The Labute approximate surface area is 275 Å². The van der Waals surface area contributed by atoms with Crippen molar-refractivity contribution in [3.8, 4) is 0 Å². The van der Waals surface area contributed by atoms with Gasteiger partial charge in [0.15, 0.2) is 10.4 Å². The smallest absolute Gasteiger partial charge is 0.356 e. The Morgan fingerprint density at radius 1 is 1.02 bits per heavy atom. The van der Waals surface area contributed by atoms with Crippen molar-refractivity contribution >= 4 is 70.0 Å². The summed E-state index contributed by atoms with van der Waals surface area (Å²) in [4.78, 5) is 59.1. The van der Waals surface area contributed by atoms with Crippen LogP contribution in [0.4, 0.5) is 0 Å². The Bertz CT molecular complexity index is 1690. The van der Waals surface area contributed by atoms with Gasteiger partial charge in [-0.25, -0.2) is 9.78 Å². The predicted octanol–water partition coefficient (Wildman–Crippen LogP) is 5.50. The van der Waals surface area contributed by atoms with Gasteiger partial charge in [-0.15, -0.1) is 34.4 Å². The minimum atomic E-state index is -0.903. The maximum absolute atomic E-state index is 14.1. The Morgan fingerprint density at radius 3 is 2.38 bits per heavy atom. The molecular weight excluding hydrogens is 651 g/mol. The van der Waals surface area contributed by atoms with E-state index in [9.17, 15) is 19.2 Å². The lowest BCUT2D eigenvalue weighted by atomic mass is 10.0. The molecule has 0 spiro atoms. The topological polar surface area (TPSA) is 126 Å². The van der Waals surface area contributed by atoms with Crippen LogP contribution >= 0.6 is 46.2 Å². The van der Waals surface area contributed by atoms with Crippen LogP contribution in [0.5, 0.6) is 0 Å². The number of fused-ring (bicyclic) bond motifs is 1. The van der Waals surface area contributed by atoms with E-state index in [1.54, 1.807) is 5.38 Å². The highest BCUT2D eigenvalue weighted by Crippen LogP contribution is 2.46. The summed E-state index contributed by atoms with van der Waals surface area (Å²) >= 11 is 5.56. The van der Waals surface area contributed by atoms with Gasteiger partial charge >= 0.3 is 11.9 Å². The number of hydrogen-bond donors (Lipinski definition) is 2. The highest BCUT2D eigenvalue weighted by Gasteiger charge is 2.55. The number of benzene rings is 2. The van der Waals surface area contributed by atoms with E-state index in [-0.39, 0.29) is 30.4 Å². The quantitative estimate of drug-likeness (QED) is 0.148. The molecule has 0 unspecified atom stereocenters. The van der Waals surface area contributed by atoms with Crippen LogP contribution in [-0.2, 0) is 36.8 Å². The van der Waals surface area contributed by atoms with Gasteiger partial charge in [-0.3, -0.25) is 19.3 Å². The Morgan fingerprint density at radius 2 is 1.73 bits per heavy atom. The molecule has 45 heavy (non-hydrogen) atoms.